The summed E-state index contributed by atoms with van der Waals surface area (Å²) in [6.07, 6.45) is 1.13. The fourth-order valence-corrected chi connectivity index (χ4v) is 1.16. The molecule has 0 aromatic heterocycles. The molecule has 6 heteroatoms. The molecule has 0 aliphatic carbocycles. The minimum absolute atomic E-state index is 0.0380. The third kappa shape index (κ3) is 6.30. The summed E-state index contributed by atoms with van der Waals surface area (Å²) >= 11 is 0. The van der Waals surface area contributed by atoms with E-state index in [-0.39, 0.29) is 6.61 Å². The maximum absolute atomic E-state index is 10.9. The normalized spacial score (nSPS) is 13.4. The zero-order chi connectivity index (χ0) is 10.5. The summed E-state index contributed by atoms with van der Waals surface area (Å²) in [5.74, 6) is -0.731. The molecule has 0 aliphatic rings. The molecule has 0 heterocycles. The van der Waals surface area contributed by atoms with Crippen LogP contribution in [0.1, 0.15) is 6.92 Å². The van der Waals surface area contributed by atoms with Crippen molar-refractivity contribution in [1.29, 1.82) is 0 Å². The quantitative estimate of drug-likeness (QED) is 0.363. The topological polar surface area (TPSA) is 69.7 Å². The predicted molar refractivity (Wildman–Crippen MR) is 46.5 cm³/mol. The van der Waals surface area contributed by atoms with E-state index in [0.717, 1.165) is 6.26 Å². The summed E-state index contributed by atoms with van der Waals surface area (Å²) in [4.78, 5) is 10.9. The number of rotatable bonds is 5. The summed E-state index contributed by atoms with van der Waals surface area (Å²) in [6.45, 7) is 4.67. The van der Waals surface area contributed by atoms with Crippen molar-refractivity contribution in [3.05, 3.63) is 12.7 Å². The molecule has 1 atom stereocenters. The average molecular weight is 208 g/mol. The van der Waals surface area contributed by atoms with Gasteiger partial charge in [0, 0.05) is 0 Å². The molecule has 0 saturated heterocycles. The van der Waals surface area contributed by atoms with Crippen LogP contribution in [0.15, 0.2) is 12.7 Å². The number of ether oxygens (including phenoxy) is 1. The highest BCUT2D eigenvalue weighted by atomic mass is 32.2. The Labute approximate surface area is 77.5 Å². The van der Waals surface area contributed by atoms with Crippen LogP contribution in [-0.4, -0.2) is 33.4 Å². The minimum atomic E-state index is -3.62. The molecule has 0 unspecified atom stereocenters. The van der Waals surface area contributed by atoms with Crippen molar-refractivity contribution in [3.8, 4) is 0 Å². The largest absolute Gasteiger partial charge is 0.460 e. The average Bonchev–Trinajstić information content (AvgIpc) is 1.96. The van der Waals surface area contributed by atoms with Gasteiger partial charge in [0.2, 0.25) is 0 Å². The predicted octanol–water partition coefficient (Wildman–Crippen LogP) is 0.0803. The highest BCUT2D eigenvalue weighted by Gasteiger charge is 2.19. The molecule has 0 spiro atoms. The summed E-state index contributed by atoms with van der Waals surface area (Å²) in [5, 5.41) is 0. The van der Waals surface area contributed by atoms with Gasteiger partial charge in [-0.15, -0.1) is 0 Å². The lowest BCUT2D eigenvalue weighted by Gasteiger charge is -2.09. The maximum atomic E-state index is 10.9. The lowest BCUT2D eigenvalue weighted by molar-refractivity contribution is -0.149. The molecular formula is C7H12O5S. The monoisotopic (exact) mass is 208 g/mol. The molecule has 0 saturated carbocycles. The van der Waals surface area contributed by atoms with Gasteiger partial charge < -0.3 is 4.74 Å². The molecule has 76 valence electrons. The van der Waals surface area contributed by atoms with E-state index in [4.69, 9.17) is 0 Å². The van der Waals surface area contributed by atoms with E-state index < -0.39 is 22.2 Å². The molecule has 13 heavy (non-hydrogen) atoms. The van der Waals surface area contributed by atoms with Gasteiger partial charge in [0.1, 0.15) is 6.61 Å². The van der Waals surface area contributed by atoms with E-state index in [0.29, 0.717) is 0 Å². The van der Waals surface area contributed by atoms with Crippen molar-refractivity contribution in [3.63, 3.8) is 0 Å². The molecule has 5 nitrogen and oxygen atoms in total. The molecular weight excluding hydrogens is 196 g/mol. The van der Waals surface area contributed by atoms with Gasteiger partial charge in [-0.05, 0) is 6.92 Å². The molecule has 0 N–H and O–H groups in total. The fourth-order valence-electron chi connectivity index (χ4n) is 0.560. The Morgan fingerprint density at radius 2 is 2.15 bits per heavy atom. The summed E-state index contributed by atoms with van der Waals surface area (Å²) in [7, 11) is -3.62. The van der Waals surface area contributed by atoms with E-state index in [1.807, 2.05) is 0 Å². The highest BCUT2D eigenvalue weighted by Crippen LogP contribution is 1.99. The van der Waals surface area contributed by atoms with Crippen LogP contribution in [0, 0.1) is 0 Å². The summed E-state index contributed by atoms with van der Waals surface area (Å²) < 4.78 is 30.1. The van der Waals surface area contributed by atoms with Gasteiger partial charge in [0.05, 0.1) is 6.26 Å². The first-order valence-electron chi connectivity index (χ1n) is 3.52. The molecule has 0 aliphatic heterocycles. The maximum Gasteiger partial charge on any atom is 0.336 e. The van der Waals surface area contributed by atoms with E-state index in [9.17, 15) is 13.2 Å². The van der Waals surface area contributed by atoms with Crippen molar-refractivity contribution in [2.24, 2.45) is 0 Å². The zero-order valence-electron chi connectivity index (χ0n) is 7.52. The highest BCUT2D eigenvalue weighted by molar-refractivity contribution is 7.86. The second-order valence-electron chi connectivity index (χ2n) is 2.36. The van der Waals surface area contributed by atoms with Gasteiger partial charge in [-0.25, -0.2) is 4.79 Å². The molecule has 0 fully saturated rings. The Balaban J connectivity index is 4.04. The number of hydrogen-bond donors (Lipinski definition) is 0. The second-order valence-corrected chi connectivity index (χ2v) is 3.96. The lowest BCUT2D eigenvalue weighted by Crippen LogP contribution is -2.25. The Morgan fingerprint density at radius 3 is 2.54 bits per heavy atom. The van der Waals surface area contributed by atoms with Crippen LogP contribution in [0.3, 0.4) is 0 Å². The first-order valence-corrected chi connectivity index (χ1v) is 5.34. The van der Waals surface area contributed by atoms with Crippen molar-refractivity contribution < 1.29 is 22.1 Å². The van der Waals surface area contributed by atoms with Gasteiger partial charge in [0.25, 0.3) is 10.1 Å². The van der Waals surface area contributed by atoms with Crippen molar-refractivity contribution in [1.82, 2.24) is 0 Å². The van der Waals surface area contributed by atoms with Crippen molar-refractivity contribution in [2.45, 2.75) is 13.0 Å². The fraction of sp³-hybridized carbons (Fsp3) is 0.571. The zero-order valence-corrected chi connectivity index (χ0v) is 8.33. The summed E-state index contributed by atoms with van der Waals surface area (Å²) in [5.41, 5.74) is 0. The second kappa shape index (κ2) is 4.98. The van der Waals surface area contributed by atoms with Crippen molar-refractivity contribution >= 4 is 16.1 Å². The Bertz CT molecular complexity index is 279. The summed E-state index contributed by atoms with van der Waals surface area (Å²) in [6, 6.07) is 0. The number of carbonyl (C=O) groups excluding carboxylic acids is 1. The van der Waals surface area contributed by atoms with Crippen LogP contribution in [-0.2, 0) is 23.8 Å². The molecule has 0 aromatic rings. The minimum Gasteiger partial charge on any atom is -0.460 e. The van der Waals surface area contributed by atoms with E-state index >= 15 is 0 Å². The Hall–Kier alpha value is -0.880. The number of hydrogen-bond acceptors (Lipinski definition) is 5. The van der Waals surface area contributed by atoms with Crippen LogP contribution >= 0.6 is 0 Å². The van der Waals surface area contributed by atoms with E-state index in [1.54, 1.807) is 0 Å². The number of esters is 1. The Kier molecular flexibility index (Phi) is 4.64. The smallest absolute Gasteiger partial charge is 0.336 e. The van der Waals surface area contributed by atoms with E-state index in [2.05, 4.69) is 15.5 Å². The Morgan fingerprint density at radius 1 is 1.62 bits per heavy atom. The molecule has 0 radical (unpaired) electrons. The van der Waals surface area contributed by atoms with Crippen LogP contribution in [0.4, 0.5) is 0 Å². The molecule has 0 aromatic carbocycles. The van der Waals surface area contributed by atoms with Crippen LogP contribution in [0.5, 0.6) is 0 Å². The first kappa shape index (κ1) is 12.1. The molecule has 0 amide bonds. The van der Waals surface area contributed by atoms with Gasteiger partial charge in [0.15, 0.2) is 6.10 Å². The van der Waals surface area contributed by atoms with Crippen LogP contribution < -0.4 is 0 Å². The van der Waals surface area contributed by atoms with Crippen LogP contribution in [0.25, 0.3) is 0 Å². The van der Waals surface area contributed by atoms with Crippen molar-refractivity contribution in [2.75, 3.05) is 12.9 Å². The van der Waals surface area contributed by atoms with Gasteiger partial charge >= 0.3 is 5.97 Å². The van der Waals surface area contributed by atoms with Gasteiger partial charge in [-0.1, -0.05) is 12.7 Å². The van der Waals surface area contributed by atoms with Crippen LogP contribution in [0.2, 0.25) is 0 Å². The third-order valence-corrected chi connectivity index (χ3v) is 1.63. The van der Waals surface area contributed by atoms with Gasteiger partial charge in [-0.2, -0.15) is 8.42 Å². The lowest BCUT2D eigenvalue weighted by atomic mass is 10.4. The first-order chi connectivity index (χ1) is 5.87. The molecule has 0 bridgehead atoms. The third-order valence-electron chi connectivity index (χ3n) is 0.995. The standard InChI is InChI=1S/C7H12O5S/c1-4-5-11-7(8)6(2)12-13(3,9)10/h4,6H,1,5H2,2-3H3/t6-/m0/s1. The number of carbonyl (C=O) groups is 1. The van der Waals surface area contributed by atoms with E-state index in [1.165, 1.54) is 13.0 Å². The van der Waals surface area contributed by atoms with Gasteiger partial charge in [-0.3, -0.25) is 4.18 Å². The SMILES string of the molecule is C=CCOC(=O)[C@H](C)OS(C)(=O)=O. The molecule has 0 rings (SSSR count).